The lowest BCUT2D eigenvalue weighted by molar-refractivity contribution is -0.135. The van der Waals surface area contributed by atoms with Crippen LogP contribution in [-0.4, -0.2) is 36.4 Å². The van der Waals surface area contributed by atoms with Crippen LogP contribution in [0.3, 0.4) is 0 Å². The van der Waals surface area contributed by atoms with Crippen LogP contribution in [0.1, 0.15) is 12.5 Å². The number of carbonyl (C=O) groups excluding carboxylic acids is 1. The molecule has 3 nitrogen and oxygen atoms in total. The van der Waals surface area contributed by atoms with Gasteiger partial charge in [0.25, 0.3) is 0 Å². The standard InChI is InChI=1S/C13H20N2OS/c1-13(14,11-7-5-4-6-8-11)12(16)15(2)9-10-17-3/h4-8H,9-10,14H2,1-3H3. The smallest absolute Gasteiger partial charge is 0.246 e. The number of likely N-dealkylation sites (N-methyl/N-ethyl adjacent to an activating group) is 1. The van der Waals surface area contributed by atoms with Crippen molar-refractivity contribution in [2.75, 3.05) is 25.6 Å². The number of nitrogens with zero attached hydrogens (tertiary/aromatic N) is 1. The maximum atomic E-state index is 12.3. The molecule has 0 aliphatic rings. The maximum absolute atomic E-state index is 12.3. The van der Waals surface area contributed by atoms with Gasteiger partial charge in [-0.25, -0.2) is 0 Å². The van der Waals surface area contributed by atoms with Crippen LogP contribution in [0.25, 0.3) is 0 Å². The molecule has 0 fully saturated rings. The van der Waals surface area contributed by atoms with Gasteiger partial charge in [-0.2, -0.15) is 11.8 Å². The summed E-state index contributed by atoms with van der Waals surface area (Å²) in [6.07, 6.45) is 2.02. The van der Waals surface area contributed by atoms with Crippen molar-refractivity contribution in [3.05, 3.63) is 35.9 Å². The van der Waals surface area contributed by atoms with Crippen LogP contribution in [0.4, 0.5) is 0 Å². The van der Waals surface area contributed by atoms with Crippen molar-refractivity contribution >= 4 is 17.7 Å². The lowest BCUT2D eigenvalue weighted by atomic mass is 9.92. The molecule has 0 radical (unpaired) electrons. The van der Waals surface area contributed by atoms with Gasteiger partial charge in [-0.05, 0) is 18.7 Å². The minimum atomic E-state index is -0.950. The van der Waals surface area contributed by atoms with E-state index in [9.17, 15) is 4.79 Å². The molecule has 0 heterocycles. The van der Waals surface area contributed by atoms with Crippen molar-refractivity contribution in [2.24, 2.45) is 5.73 Å². The average molecular weight is 252 g/mol. The predicted octanol–water partition coefficient (Wildman–Crippen LogP) is 1.68. The molecule has 0 aromatic heterocycles. The van der Waals surface area contributed by atoms with Crippen molar-refractivity contribution in [3.63, 3.8) is 0 Å². The summed E-state index contributed by atoms with van der Waals surface area (Å²) in [6, 6.07) is 9.49. The molecule has 4 heteroatoms. The van der Waals surface area contributed by atoms with Gasteiger partial charge in [0.15, 0.2) is 0 Å². The summed E-state index contributed by atoms with van der Waals surface area (Å²) in [5.41, 5.74) is 6.05. The highest BCUT2D eigenvalue weighted by Crippen LogP contribution is 2.19. The predicted molar refractivity (Wildman–Crippen MR) is 74.0 cm³/mol. The first kappa shape index (κ1) is 14.1. The van der Waals surface area contributed by atoms with E-state index in [0.29, 0.717) is 0 Å². The van der Waals surface area contributed by atoms with Gasteiger partial charge in [0.1, 0.15) is 5.54 Å². The third-order valence-electron chi connectivity index (χ3n) is 2.80. The quantitative estimate of drug-likeness (QED) is 0.867. The maximum Gasteiger partial charge on any atom is 0.246 e. The average Bonchev–Trinajstić information content (AvgIpc) is 2.36. The third-order valence-corrected chi connectivity index (χ3v) is 3.39. The van der Waals surface area contributed by atoms with Gasteiger partial charge < -0.3 is 10.6 Å². The van der Waals surface area contributed by atoms with Crippen molar-refractivity contribution in [3.8, 4) is 0 Å². The molecule has 1 amide bonds. The number of carbonyl (C=O) groups is 1. The largest absolute Gasteiger partial charge is 0.343 e. The van der Waals surface area contributed by atoms with Gasteiger partial charge in [-0.15, -0.1) is 0 Å². The van der Waals surface area contributed by atoms with E-state index in [2.05, 4.69) is 0 Å². The molecule has 94 valence electrons. The number of benzene rings is 1. The van der Waals surface area contributed by atoms with Gasteiger partial charge in [-0.3, -0.25) is 4.79 Å². The minimum Gasteiger partial charge on any atom is -0.343 e. The summed E-state index contributed by atoms with van der Waals surface area (Å²) < 4.78 is 0. The van der Waals surface area contributed by atoms with Crippen molar-refractivity contribution < 1.29 is 4.79 Å². The van der Waals surface area contributed by atoms with Gasteiger partial charge in [0.2, 0.25) is 5.91 Å². The fraction of sp³-hybridized carbons (Fsp3) is 0.462. The third kappa shape index (κ3) is 3.48. The molecular formula is C13H20N2OS. The summed E-state index contributed by atoms with van der Waals surface area (Å²) in [5, 5.41) is 0. The van der Waals surface area contributed by atoms with E-state index in [1.807, 2.05) is 36.6 Å². The normalized spacial score (nSPS) is 14.1. The molecule has 1 aromatic carbocycles. The zero-order valence-electron chi connectivity index (χ0n) is 10.6. The molecule has 1 aromatic rings. The molecule has 1 rings (SSSR count). The van der Waals surface area contributed by atoms with Gasteiger partial charge >= 0.3 is 0 Å². The van der Waals surface area contributed by atoms with Crippen LogP contribution in [0.2, 0.25) is 0 Å². The van der Waals surface area contributed by atoms with Crippen LogP contribution in [-0.2, 0) is 10.3 Å². The summed E-state index contributed by atoms with van der Waals surface area (Å²) in [7, 11) is 1.80. The SMILES string of the molecule is CSCCN(C)C(=O)C(C)(N)c1ccccc1. The molecule has 0 saturated heterocycles. The number of hydrogen-bond acceptors (Lipinski definition) is 3. The fourth-order valence-corrected chi connectivity index (χ4v) is 2.09. The number of thioether (sulfide) groups is 1. The highest BCUT2D eigenvalue weighted by atomic mass is 32.2. The Morgan fingerprint density at radius 3 is 2.53 bits per heavy atom. The Bertz CT molecular complexity index is 365. The second-order valence-corrected chi connectivity index (χ2v) is 5.27. The summed E-state index contributed by atoms with van der Waals surface area (Å²) in [6.45, 7) is 2.49. The Labute approximate surface area is 107 Å². The van der Waals surface area contributed by atoms with E-state index in [1.54, 1.807) is 30.6 Å². The fourth-order valence-electron chi connectivity index (χ4n) is 1.63. The van der Waals surface area contributed by atoms with Gasteiger partial charge in [-0.1, -0.05) is 30.3 Å². The molecule has 0 bridgehead atoms. The molecule has 0 aliphatic carbocycles. The highest BCUT2D eigenvalue weighted by Gasteiger charge is 2.32. The van der Waals surface area contributed by atoms with E-state index < -0.39 is 5.54 Å². The lowest BCUT2D eigenvalue weighted by Crippen LogP contribution is -2.50. The first-order valence-electron chi connectivity index (χ1n) is 5.59. The van der Waals surface area contributed by atoms with E-state index >= 15 is 0 Å². The Hall–Kier alpha value is -1.00. The topological polar surface area (TPSA) is 46.3 Å². The molecule has 17 heavy (non-hydrogen) atoms. The lowest BCUT2D eigenvalue weighted by Gasteiger charge is -2.29. The summed E-state index contributed by atoms with van der Waals surface area (Å²) in [4.78, 5) is 14.0. The molecule has 2 N–H and O–H groups in total. The van der Waals surface area contributed by atoms with Crippen molar-refractivity contribution in [2.45, 2.75) is 12.5 Å². The van der Waals surface area contributed by atoms with Crippen LogP contribution >= 0.6 is 11.8 Å². The van der Waals surface area contributed by atoms with Crippen LogP contribution < -0.4 is 5.73 Å². The first-order valence-corrected chi connectivity index (χ1v) is 6.98. The van der Waals surface area contributed by atoms with Gasteiger partial charge in [0, 0.05) is 19.3 Å². The monoisotopic (exact) mass is 252 g/mol. The number of hydrogen-bond donors (Lipinski definition) is 1. The molecule has 1 atom stereocenters. The Balaban J connectivity index is 2.80. The second kappa shape index (κ2) is 6.07. The van der Waals surface area contributed by atoms with Crippen LogP contribution in [0.15, 0.2) is 30.3 Å². The molecule has 0 spiro atoms. The zero-order valence-corrected chi connectivity index (χ0v) is 11.5. The van der Waals surface area contributed by atoms with Crippen LogP contribution in [0.5, 0.6) is 0 Å². The first-order chi connectivity index (χ1) is 8.00. The molecule has 0 aliphatic heterocycles. The number of amides is 1. The van der Waals surface area contributed by atoms with Crippen molar-refractivity contribution in [1.29, 1.82) is 0 Å². The zero-order chi connectivity index (χ0) is 12.9. The number of nitrogens with two attached hydrogens (primary N) is 1. The van der Waals surface area contributed by atoms with E-state index in [1.165, 1.54) is 0 Å². The van der Waals surface area contributed by atoms with Crippen molar-refractivity contribution in [1.82, 2.24) is 4.90 Å². The molecular weight excluding hydrogens is 232 g/mol. The second-order valence-electron chi connectivity index (χ2n) is 4.29. The molecule has 1 unspecified atom stereocenters. The highest BCUT2D eigenvalue weighted by molar-refractivity contribution is 7.98. The summed E-state index contributed by atoms with van der Waals surface area (Å²) >= 11 is 1.72. The molecule has 0 saturated carbocycles. The summed E-state index contributed by atoms with van der Waals surface area (Å²) in [5.74, 6) is 0.880. The minimum absolute atomic E-state index is 0.0437. The Morgan fingerprint density at radius 2 is 2.00 bits per heavy atom. The van der Waals surface area contributed by atoms with E-state index in [4.69, 9.17) is 5.73 Å². The number of rotatable bonds is 5. The van der Waals surface area contributed by atoms with Gasteiger partial charge in [0.05, 0.1) is 0 Å². The van der Waals surface area contributed by atoms with E-state index in [-0.39, 0.29) is 5.91 Å². The Kier molecular flexibility index (Phi) is 5.02. The van der Waals surface area contributed by atoms with Crippen LogP contribution in [0, 0.1) is 0 Å². The Morgan fingerprint density at radius 1 is 1.41 bits per heavy atom. The van der Waals surface area contributed by atoms with E-state index in [0.717, 1.165) is 17.9 Å².